The normalized spacial score (nSPS) is 21.5. The summed E-state index contributed by atoms with van der Waals surface area (Å²) in [6, 6.07) is 36.9. The van der Waals surface area contributed by atoms with Gasteiger partial charge in [0.2, 0.25) is 0 Å². The molecule has 2 aromatic heterocycles. The van der Waals surface area contributed by atoms with E-state index in [1.165, 1.54) is 62.7 Å². The van der Waals surface area contributed by atoms with Crippen LogP contribution in [0.15, 0.2) is 120 Å². The molecule has 2 aliphatic carbocycles. The first-order chi connectivity index (χ1) is 34.3. The number of carboxylic acids is 1. The lowest BCUT2D eigenvalue weighted by Gasteiger charge is -2.48. The smallest absolute Gasteiger partial charge is 0.341 e. The molecule has 0 spiro atoms. The number of likely N-dealkylation sites (N-methyl/N-ethyl adjacent to an activating group) is 1. The average molecular weight is 1000 g/mol. The van der Waals surface area contributed by atoms with Gasteiger partial charge < -0.3 is 25.6 Å². The van der Waals surface area contributed by atoms with Crippen LogP contribution in [-0.2, 0) is 19.3 Å². The van der Waals surface area contributed by atoms with Crippen molar-refractivity contribution in [2.24, 2.45) is 5.73 Å². The number of aromatic nitrogens is 3. The molecule has 0 bridgehead atoms. The Morgan fingerprint density at radius 1 is 0.803 bits per heavy atom. The van der Waals surface area contributed by atoms with E-state index in [4.69, 9.17) is 38.6 Å². The van der Waals surface area contributed by atoms with Gasteiger partial charge in [0.05, 0.1) is 28.2 Å². The van der Waals surface area contributed by atoms with Crippen molar-refractivity contribution in [1.29, 1.82) is 0 Å². The van der Waals surface area contributed by atoms with Gasteiger partial charge in [-0.2, -0.15) is 5.10 Å². The van der Waals surface area contributed by atoms with Crippen molar-refractivity contribution in [2.45, 2.75) is 140 Å². The molecule has 1 amide bonds. The number of likely N-dealkylation sites (tertiary alicyclic amines) is 1. The molecule has 1 aliphatic heterocycles. The van der Waals surface area contributed by atoms with Crippen molar-refractivity contribution in [1.82, 2.24) is 30.1 Å². The number of nitrogens with one attached hydrogen (secondary N) is 1. The molecule has 0 radical (unpaired) electrons. The number of rotatable bonds is 13. The molecule has 2 saturated carbocycles. The molecule has 0 atom stereocenters. The van der Waals surface area contributed by atoms with E-state index in [0.717, 1.165) is 86.2 Å². The third kappa shape index (κ3) is 13.8. The minimum Gasteiger partial charge on any atom is -0.477 e. The number of nitrogens with two attached hydrogens (primary N) is 1. The number of carbonyl (C=O) groups is 2. The standard InChI is InChI=1S/C32H42N4O.C15H23ClN2.C11H8ClNO3/c1-2-13-30-29(25-33-36(30)28-16-9-6-10-17-28)31(37)34-27-18-20-32(21-19-27,24-26-14-7-5-8-15-26)35-22-11-3-4-12-23-35;1-18(2)15(9-7-14(17)8-10-15)11-12-3-5-13(16)6-4-12;1-6-9(11(14)15)10(13-16-6)7-4-2-3-5-8(7)12/h5-10,14-17,25,27H,2-4,11-13,18-24H2,1H3,(H,34,37);3-6,14H,7-11,17H2,1-2H3;2-5H,1H3,(H,14,15). The van der Waals surface area contributed by atoms with Gasteiger partial charge in [-0.25, -0.2) is 9.48 Å². The Kier molecular flexibility index (Phi) is 19.1. The highest BCUT2D eigenvalue weighted by molar-refractivity contribution is 6.33. The first-order valence-electron chi connectivity index (χ1n) is 25.7. The Labute approximate surface area is 431 Å². The number of carbonyl (C=O) groups excluding carboxylic acids is 1. The zero-order chi connectivity index (χ0) is 50.4. The lowest BCUT2D eigenvalue weighted by atomic mass is 9.74. The number of aromatic carboxylic acids is 1. The predicted molar refractivity (Wildman–Crippen MR) is 287 cm³/mol. The molecule has 3 fully saturated rings. The Bertz CT molecular complexity index is 2590. The number of hydrogen-bond acceptors (Lipinski definition) is 8. The summed E-state index contributed by atoms with van der Waals surface area (Å²) < 4.78 is 6.81. The average Bonchev–Trinajstić information content (AvgIpc) is 3.86. The van der Waals surface area contributed by atoms with Crippen molar-refractivity contribution >= 4 is 35.1 Å². The van der Waals surface area contributed by atoms with E-state index in [-0.39, 0.29) is 40.0 Å². The molecule has 378 valence electrons. The Hall–Kier alpha value is -5.30. The third-order valence-electron chi connectivity index (χ3n) is 15.1. The van der Waals surface area contributed by atoms with E-state index in [2.05, 4.69) is 88.9 Å². The molecule has 9 rings (SSSR count). The maximum atomic E-state index is 13.5. The molecule has 4 aromatic carbocycles. The summed E-state index contributed by atoms with van der Waals surface area (Å²) in [7, 11) is 4.37. The minimum absolute atomic E-state index is 0.0287. The third-order valence-corrected chi connectivity index (χ3v) is 15.6. The largest absolute Gasteiger partial charge is 0.477 e. The molecule has 6 aromatic rings. The lowest BCUT2D eigenvalue weighted by Crippen LogP contribution is -2.55. The van der Waals surface area contributed by atoms with Crippen molar-refractivity contribution in [3.05, 3.63) is 159 Å². The van der Waals surface area contributed by atoms with Gasteiger partial charge >= 0.3 is 5.97 Å². The second-order valence-electron chi connectivity index (χ2n) is 20.0. The van der Waals surface area contributed by atoms with Crippen LogP contribution in [-0.4, -0.2) is 92.1 Å². The number of nitrogens with zero attached hydrogens (tertiary/aromatic N) is 5. The van der Waals surface area contributed by atoms with Gasteiger partial charge in [-0.05, 0) is 159 Å². The first-order valence-corrected chi connectivity index (χ1v) is 26.4. The van der Waals surface area contributed by atoms with Crippen molar-refractivity contribution < 1.29 is 19.2 Å². The first kappa shape index (κ1) is 53.5. The second kappa shape index (κ2) is 25.4. The molecule has 11 nitrogen and oxygen atoms in total. The fourth-order valence-electron chi connectivity index (χ4n) is 10.9. The second-order valence-corrected chi connectivity index (χ2v) is 20.9. The number of carboxylic acid groups (broad SMARTS) is 1. The number of benzene rings is 4. The summed E-state index contributed by atoms with van der Waals surface area (Å²) >= 11 is 11.9. The van der Waals surface area contributed by atoms with Gasteiger partial charge in [-0.3, -0.25) is 9.69 Å². The molecule has 3 aliphatic rings. The van der Waals surface area contributed by atoms with Crippen LogP contribution >= 0.6 is 23.2 Å². The topological polar surface area (TPSA) is 143 Å². The molecular formula is C58H73Cl2N7O4. The summed E-state index contributed by atoms with van der Waals surface area (Å²) in [5.41, 5.74) is 12.9. The van der Waals surface area contributed by atoms with E-state index in [1.807, 2.05) is 47.1 Å². The van der Waals surface area contributed by atoms with E-state index in [1.54, 1.807) is 37.4 Å². The fraction of sp³-hybridized carbons (Fsp3) is 0.448. The number of hydrogen-bond donors (Lipinski definition) is 3. The summed E-state index contributed by atoms with van der Waals surface area (Å²) in [6.07, 6.45) is 20.1. The Morgan fingerprint density at radius 2 is 1.41 bits per heavy atom. The van der Waals surface area contributed by atoms with Crippen LogP contribution in [0.2, 0.25) is 10.0 Å². The number of para-hydroxylation sites is 1. The van der Waals surface area contributed by atoms with Crippen LogP contribution in [0.5, 0.6) is 0 Å². The van der Waals surface area contributed by atoms with Crippen LogP contribution in [0.25, 0.3) is 16.9 Å². The molecule has 71 heavy (non-hydrogen) atoms. The van der Waals surface area contributed by atoms with Crippen molar-refractivity contribution in [3.63, 3.8) is 0 Å². The maximum Gasteiger partial charge on any atom is 0.341 e. The predicted octanol–water partition coefficient (Wildman–Crippen LogP) is 12.4. The molecule has 0 unspecified atom stereocenters. The highest BCUT2D eigenvalue weighted by Gasteiger charge is 2.41. The summed E-state index contributed by atoms with van der Waals surface area (Å²) in [4.78, 5) is 29.7. The Balaban J connectivity index is 0.000000180. The molecule has 1 saturated heterocycles. The van der Waals surface area contributed by atoms with Crippen LogP contribution in [0, 0.1) is 6.92 Å². The molecule has 3 heterocycles. The lowest BCUT2D eigenvalue weighted by molar-refractivity contribution is 0.0429. The number of halogens is 2. The van der Waals surface area contributed by atoms with E-state index in [9.17, 15) is 9.59 Å². The maximum absolute atomic E-state index is 13.5. The SMILES string of the molecule is CCCc1c(C(=O)NC2CCC(Cc3ccccc3)(N3CCCCCC3)CC2)cnn1-c1ccccc1.CN(C)C1(Cc2ccc(Cl)cc2)CCC(N)CC1.Cc1onc(-c2ccccc2Cl)c1C(=O)O. The molecule has 13 heteroatoms. The van der Waals surface area contributed by atoms with Crippen LogP contribution in [0.4, 0.5) is 0 Å². The Morgan fingerprint density at radius 3 is 2.01 bits per heavy atom. The van der Waals surface area contributed by atoms with Gasteiger partial charge in [0, 0.05) is 33.7 Å². The number of amides is 1. The van der Waals surface area contributed by atoms with Gasteiger partial charge in [-0.1, -0.05) is 133 Å². The molecule has 4 N–H and O–H groups in total. The minimum atomic E-state index is -1.08. The van der Waals surface area contributed by atoms with Gasteiger partial charge in [0.15, 0.2) is 0 Å². The number of aryl methyl sites for hydroxylation is 1. The van der Waals surface area contributed by atoms with Crippen LogP contribution in [0.3, 0.4) is 0 Å². The van der Waals surface area contributed by atoms with Gasteiger partial charge in [0.1, 0.15) is 17.0 Å². The molecular weight excluding hydrogens is 930 g/mol. The quantitative estimate of drug-likeness (QED) is 0.103. The highest BCUT2D eigenvalue weighted by Crippen LogP contribution is 2.39. The monoisotopic (exact) mass is 1000 g/mol. The summed E-state index contributed by atoms with van der Waals surface area (Å²) in [5.74, 6) is -0.781. The summed E-state index contributed by atoms with van der Waals surface area (Å²) in [5, 5.41) is 22.0. The highest BCUT2D eigenvalue weighted by atomic mass is 35.5. The van der Waals surface area contributed by atoms with Crippen molar-refractivity contribution in [2.75, 3.05) is 27.2 Å². The summed E-state index contributed by atoms with van der Waals surface area (Å²) in [6.45, 7) is 6.13. The van der Waals surface area contributed by atoms with Gasteiger partial charge in [-0.15, -0.1) is 0 Å². The van der Waals surface area contributed by atoms with Crippen LogP contribution < -0.4 is 11.1 Å². The van der Waals surface area contributed by atoms with Crippen LogP contribution in [0.1, 0.15) is 134 Å². The van der Waals surface area contributed by atoms with Gasteiger partial charge in [0.25, 0.3) is 5.91 Å². The van der Waals surface area contributed by atoms with E-state index in [0.29, 0.717) is 16.6 Å². The van der Waals surface area contributed by atoms with E-state index >= 15 is 0 Å². The zero-order valence-electron chi connectivity index (χ0n) is 42.1. The fourth-order valence-corrected chi connectivity index (χ4v) is 11.3. The van der Waals surface area contributed by atoms with Crippen molar-refractivity contribution in [3.8, 4) is 16.9 Å². The zero-order valence-corrected chi connectivity index (χ0v) is 43.6. The van der Waals surface area contributed by atoms with E-state index < -0.39 is 5.97 Å².